The molecule has 0 saturated carbocycles. The Labute approximate surface area is 116 Å². The maximum Gasteiger partial charge on any atom is 0.416 e. The number of hydrogen-bond donors (Lipinski definition) is 0. The van der Waals surface area contributed by atoms with Crippen LogP contribution in [0.3, 0.4) is 0 Å². The Bertz CT molecular complexity index is 448. The van der Waals surface area contributed by atoms with Gasteiger partial charge in [0.2, 0.25) is 0 Å². The molecule has 0 unspecified atom stereocenters. The molecule has 1 aromatic carbocycles. The molecule has 0 nitrogen and oxygen atoms in total. The van der Waals surface area contributed by atoms with Crippen molar-refractivity contribution >= 4 is 0 Å². The van der Waals surface area contributed by atoms with Crippen LogP contribution in [0.2, 0.25) is 0 Å². The molecule has 1 aromatic rings. The summed E-state index contributed by atoms with van der Waals surface area (Å²) in [7, 11) is 0. The summed E-state index contributed by atoms with van der Waals surface area (Å²) in [5.74, 6) is 0. The van der Waals surface area contributed by atoms with E-state index >= 15 is 0 Å². The van der Waals surface area contributed by atoms with E-state index in [1.165, 1.54) is 0 Å². The second-order valence-electron chi connectivity index (χ2n) is 4.02. The molecule has 0 radical (unpaired) electrons. The molecule has 19 heavy (non-hydrogen) atoms. The maximum absolute atomic E-state index is 12.6. The lowest BCUT2D eigenvalue weighted by Gasteiger charge is -2.10. The van der Waals surface area contributed by atoms with Gasteiger partial charge in [-0.3, -0.25) is 0 Å². The summed E-state index contributed by atoms with van der Waals surface area (Å²) in [5.41, 5.74) is -1.63. The van der Waals surface area contributed by atoms with Crippen LogP contribution in [0.15, 0.2) is 27.9 Å². The smallest absolute Gasteiger partial charge is 0.166 e. The maximum atomic E-state index is 12.6. The molecule has 1 rings (SSSR count). The summed E-state index contributed by atoms with van der Waals surface area (Å²) < 4.78 is 77.2. The van der Waals surface area contributed by atoms with Crippen LogP contribution in [0.25, 0.3) is 0 Å². The number of rotatable bonds is 2. The average molecular weight is 395 g/mol. The first-order chi connectivity index (χ1) is 8.50. The van der Waals surface area contributed by atoms with E-state index in [-0.39, 0.29) is 9.64 Å². The minimum Gasteiger partial charge on any atom is -0.166 e. The Morgan fingerprint density at radius 3 is 1.63 bits per heavy atom. The van der Waals surface area contributed by atoms with Crippen LogP contribution in [0.5, 0.6) is 0 Å². The van der Waals surface area contributed by atoms with Gasteiger partial charge in [-0.05, 0) is 25.5 Å². The number of benzene rings is 1. The predicted octanol–water partition coefficient (Wildman–Crippen LogP) is 1.91. The largest absolute Gasteiger partial charge is 0.416 e. The molecular weight excluding hydrogens is 385 g/mol. The number of allylic oxidation sites excluding steroid dienone is 1. The molecule has 0 aliphatic heterocycles. The molecule has 0 saturated heterocycles. The molecule has 106 valence electrons. The number of hydrogen-bond acceptors (Lipinski definition) is 0. The minimum atomic E-state index is -4.77. The third-order valence-electron chi connectivity index (χ3n) is 1.95. The van der Waals surface area contributed by atoms with Gasteiger partial charge in [0.1, 0.15) is 0 Å². The quantitative estimate of drug-likeness (QED) is 0.531. The highest BCUT2D eigenvalue weighted by molar-refractivity contribution is 5.27. The zero-order valence-corrected chi connectivity index (χ0v) is 12.1. The SMILES string of the molecule is CC(C)=C[I+]c1cc(C(F)(F)F)cc(C(F)(F)F)c1. The fraction of sp³-hybridized carbons (Fsp3) is 0.333. The third kappa shape index (κ3) is 5.04. The van der Waals surface area contributed by atoms with Crippen LogP contribution in [0.1, 0.15) is 25.0 Å². The number of alkyl halides is 6. The summed E-state index contributed by atoms with van der Waals surface area (Å²) in [6, 6.07) is 1.74. The second kappa shape index (κ2) is 5.72. The van der Waals surface area contributed by atoms with E-state index in [2.05, 4.69) is 0 Å². The average Bonchev–Trinajstić information content (AvgIpc) is 2.23. The van der Waals surface area contributed by atoms with Crippen LogP contribution in [-0.2, 0) is 12.4 Å². The molecule has 0 heterocycles. The highest BCUT2D eigenvalue weighted by Crippen LogP contribution is 2.34. The van der Waals surface area contributed by atoms with Crippen LogP contribution in [-0.4, -0.2) is 0 Å². The lowest BCUT2D eigenvalue weighted by molar-refractivity contribution is -0.558. The van der Waals surface area contributed by atoms with Crippen molar-refractivity contribution in [3.8, 4) is 0 Å². The summed E-state index contributed by atoms with van der Waals surface area (Å²) >= 11 is -1.01. The van der Waals surface area contributed by atoms with E-state index in [1.54, 1.807) is 17.9 Å². The monoisotopic (exact) mass is 395 g/mol. The van der Waals surface area contributed by atoms with E-state index in [4.69, 9.17) is 0 Å². The van der Waals surface area contributed by atoms with Gasteiger partial charge >= 0.3 is 33.6 Å². The first kappa shape index (κ1) is 16.3. The fourth-order valence-corrected chi connectivity index (χ4v) is 3.17. The lowest BCUT2D eigenvalue weighted by atomic mass is 10.1. The summed E-state index contributed by atoms with van der Waals surface area (Å²) in [5, 5.41) is 0. The van der Waals surface area contributed by atoms with Crippen molar-refractivity contribution in [3.63, 3.8) is 0 Å². The Kier molecular flexibility index (Phi) is 4.91. The normalized spacial score (nSPS) is 12.4. The van der Waals surface area contributed by atoms with Gasteiger partial charge in [0, 0.05) is 12.1 Å². The minimum absolute atomic E-state index is 0.0992. The van der Waals surface area contributed by atoms with Gasteiger partial charge in [0.25, 0.3) is 0 Å². The highest BCUT2D eigenvalue weighted by atomic mass is 127. The van der Waals surface area contributed by atoms with Crippen molar-refractivity contribution in [2.75, 3.05) is 0 Å². The van der Waals surface area contributed by atoms with Gasteiger partial charge < -0.3 is 0 Å². The zero-order valence-electron chi connectivity index (χ0n) is 9.96. The molecule has 7 heteroatoms. The van der Waals surface area contributed by atoms with E-state index in [0.29, 0.717) is 0 Å². The topological polar surface area (TPSA) is 0 Å². The summed E-state index contributed by atoms with van der Waals surface area (Å²) in [6.07, 6.45) is -9.55. The van der Waals surface area contributed by atoms with Crippen molar-refractivity contribution in [3.05, 3.63) is 42.6 Å². The molecule has 0 spiro atoms. The van der Waals surface area contributed by atoms with Crippen molar-refractivity contribution in [2.24, 2.45) is 0 Å². The fourth-order valence-electron chi connectivity index (χ4n) is 1.15. The van der Waals surface area contributed by atoms with Gasteiger partial charge in [-0.2, -0.15) is 26.3 Å². The van der Waals surface area contributed by atoms with Crippen LogP contribution < -0.4 is 21.2 Å². The number of halogens is 7. The molecular formula is C12H10F6I+. The molecule has 0 atom stereocenters. The molecule has 0 aromatic heterocycles. The van der Waals surface area contributed by atoms with E-state index in [9.17, 15) is 26.3 Å². The second-order valence-corrected chi connectivity index (χ2v) is 6.51. The van der Waals surface area contributed by atoms with Gasteiger partial charge in [0.05, 0.1) is 11.1 Å². The van der Waals surface area contributed by atoms with Crippen molar-refractivity contribution < 1.29 is 47.5 Å². The summed E-state index contributed by atoms with van der Waals surface area (Å²) in [4.78, 5) is 0. The third-order valence-corrected chi connectivity index (χ3v) is 4.85. The van der Waals surface area contributed by atoms with E-state index in [0.717, 1.165) is 17.7 Å². The lowest BCUT2D eigenvalue weighted by Crippen LogP contribution is -3.59. The molecule has 0 amide bonds. The molecule has 0 aliphatic carbocycles. The van der Waals surface area contributed by atoms with E-state index < -0.39 is 44.7 Å². The van der Waals surface area contributed by atoms with Crippen LogP contribution >= 0.6 is 0 Å². The Hall–Kier alpha value is -0.730. The molecule has 0 aliphatic rings. The standard InChI is InChI=1S/C12H10F6I/c1-7(2)6-19-10-4-8(11(13,14)15)3-9(5-10)12(16,17)18/h3-6H,1-2H3/q+1. The van der Waals surface area contributed by atoms with E-state index in [1.807, 2.05) is 0 Å². The summed E-state index contributed by atoms with van der Waals surface area (Å²) in [6.45, 7) is 3.50. The highest BCUT2D eigenvalue weighted by Gasteiger charge is 2.38. The zero-order chi connectivity index (χ0) is 14.8. The van der Waals surface area contributed by atoms with Gasteiger partial charge in [-0.1, -0.05) is 0 Å². The van der Waals surface area contributed by atoms with Gasteiger partial charge in [0.15, 0.2) is 7.65 Å². The van der Waals surface area contributed by atoms with Crippen LogP contribution in [0.4, 0.5) is 26.3 Å². The Morgan fingerprint density at radius 1 is 0.895 bits per heavy atom. The van der Waals surface area contributed by atoms with Gasteiger partial charge in [-0.25, -0.2) is 0 Å². The first-order valence-electron chi connectivity index (χ1n) is 5.06. The van der Waals surface area contributed by atoms with Crippen LogP contribution in [0, 0.1) is 3.57 Å². The van der Waals surface area contributed by atoms with Gasteiger partial charge in [-0.15, -0.1) is 0 Å². The van der Waals surface area contributed by atoms with Crippen molar-refractivity contribution in [1.29, 1.82) is 0 Å². The molecule has 0 bridgehead atoms. The van der Waals surface area contributed by atoms with Crippen molar-refractivity contribution in [1.82, 2.24) is 0 Å². The molecule has 0 fully saturated rings. The Balaban J connectivity index is 3.29. The predicted molar refractivity (Wildman–Crippen MR) is 54.6 cm³/mol. The first-order valence-corrected chi connectivity index (χ1v) is 7.39. The molecule has 0 N–H and O–H groups in total. The Morgan fingerprint density at radius 2 is 1.32 bits per heavy atom. The van der Waals surface area contributed by atoms with Crippen molar-refractivity contribution in [2.45, 2.75) is 26.2 Å².